The SMILES string of the molecule is O=C(O)c1nc2ccc(C(F)(F)F)cc2nc1NCc1ccc(C(F)(F)F)cc1. The van der Waals surface area contributed by atoms with Crippen molar-refractivity contribution in [2.24, 2.45) is 0 Å². The van der Waals surface area contributed by atoms with Crippen molar-refractivity contribution in [3.63, 3.8) is 0 Å². The van der Waals surface area contributed by atoms with E-state index in [2.05, 4.69) is 15.3 Å². The van der Waals surface area contributed by atoms with Gasteiger partial charge in [0.2, 0.25) is 0 Å². The number of fused-ring (bicyclic) bond motifs is 1. The molecule has 0 aliphatic rings. The van der Waals surface area contributed by atoms with E-state index in [-0.39, 0.29) is 23.4 Å². The van der Waals surface area contributed by atoms with Crippen molar-refractivity contribution in [1.29, 1.82) is 0 Å². The largest absolute Gasteiger partial charge is 0.476 e. The Morgan fingerprint density at radius 2 is 1.45 bits per heavy atom. The van der Waals surface area contributed by atoms with Crippen LogP contribution in [0.2, 0.25) is 0 Å². The summed E-state index contributed by atoms with van der Waals surface area (Å²) in [6, 6.07) is 6.60. The third-order valence-corrected chi connectivity index (χ3v) is 3.94. The summed E-state index contributed by atoms with van der Waals surface area (Å²) in [5.41, 5.74) is -2.20. The number of carbonyl (C=O) groups is 1. The Labute approximate surface area is 159 Å². The number of rotatable bonds is 4. The molecule has 0 spiro atoms. The molecule has 1 heterocycles. The third kappa shape index (κ3) is 4.55. The number of hydrogen-bond donors (Lipinski definition) is 2. The quantitative estimate of drug-likeness (QED) is 0.588. The predicted octanol–water partition coefficient (Wildman–Crippen LogP) is 4.98. The molecule has 0 atom stereocenters. The fourth-order valence-electron chi connectivity index (χ4n) is 2.50. The third-order valence-electron chi connectivity index (χ3n) is 3.94. The van der Waals surface area contributed by atoms with E-state index in [0.29, 0.717) is 5.56 Å². The maximum absolute atomic E-state index is 12.9. The second-order valence-electron chi connectivity index (χ2n) is 5.98. The predicted molar refractivity (Wildman–Crippen MR) is 90.3 cm³/mol. The lowest BCUT2D eigenvalue weighted by atomic mass is 10.1. The lowest BCUT2D eigenvalue weighted by Gasteiger charge is -2.12. The van der Waals surface area contributed by atoms with Crippen molar-refractivity contribution in [3.05, 3.63) is 64.8 Å². The van der Waals surface area contributed by atoms with Crippen molar-refractivity contribution in [2.75, 3.05) is 5.32 Å². The number of alkyl halides is 6. The fraction of sp³-hybridized carbons (Fsp3) is 0.167. The second kappa shape index (κ2) is 7.22. The number of aromatic nitrogens is 2. The smallest absolute Gasteiger partial charge is 0.416 e. The van der Waals surface area contributed by atoms with Crippen LogP contribution in [0.1, 0.15) is 27.2 Å². The van der Waals surface area contributed by atoms with Gasteiger partial charge in [0.1, 0.15) is 0 Å². The van der Waals surface area contributed by atoms with Gasteiger partial charge in [0.25, 0.3) is 0 Å². The minimum absolute atomic E-state index is 0.0459. The van der Waals surface area contributed by atoms with Gasteiger partial charge in [-0.2, -0.15) is 26.3 Å². The molecule has 3 aromatic rings. The first-order valence-electron chi connectivity index (χ1n) is 7.97. The molecular weight excluding hydrogens is 404 g/mol. The molecule has 0 bridgehead atoms. The van der Waals surface area contributed by atoms with E-state index < -0.39 is 35.1 Å². The molecule has 0 radical (unpaired) electrons. The average Bonchev–Trinajstić information content (AvgIpc) is 2.64. The van der Waals surface area contributed by atoms with Crippen molar-refractivity contribution in [3.8, 4) is 0 Å². The Balaban J connectivity index is 1.92. The van der Waals surface area contributed by atoms with Gasteiger partial charge < -0.3 is 10.4 Å². The summed E-state index contributed by atoms with van der Waals surface area (Å²) in [4.78, 5) is 19.1. The molecular formula is C18H11F6N3O2. The van der Waals surface area contributed by atoms with Crippen molar-refractivity contribution >= 4 is 22.8 Å². The molecule has 0 saturated heterocycles. The van der Waals surface area contributed by atoms with E-state index in [1.165, 1.54) is 12.1 Å². The van der Waals surface area contributed by atoms with Gasteiger partial charge in [-0.05, 0) is 35.9 Å². The number of nitrogens with one attached hydrogen (secondary N) is 1. The van der Waals surface area contributed by atoms with Crippen LogP contribution >= 0.6 is 0 Å². The molecule has 0 saturated carbocycles. The summed E-state index contributed by atoms with van der Waals surface area (Å²) in [6.45, 7) is -0.114. The molecule has 0 aliphatic heterocycles. The Hall–Kier alpha value is -3.37. The van der Waals surface area contributed by atoms with Gasteiger partial charge in [-0.3, -0.25) is 0 Å². The number of aromatic carboxylic acids is 1. The molecule has 5 nitrogen and oxygen atoms in total. The molecule has 2 aromatic carbocycles. The summed E-state index contributed by atoms with van der Waals surface area (Å²) >= 11 is 0. The molecule has 3 rings (SSSR count). The molecule has 2 N–H and O–H groups in total. The standard InChI is InChI=1S/C18H11F6N3O2/c19-17(20,21)10-3-1-9(2-4-10)8-25-15-14(16(28)29)26-12-6-5-11(18(22,23)24)7-13(12)27-15/h1-7H,8H2,(H,25,27)(H,28,29). The van der Waals surface area contributed by atoms with Crippen LogP contribution in [0.5, 0.6) is 0 Å². The van der Waals surface area contributed by atoms with Crippen LogP contribution < -0.4 is 5.32 Å². The van der Waals surface area contributed by atoms with Gasteiger partial charge in [-0.15, -0.1) is 0 Å². The zero-order valence-corrected chi connectivity index (χ0v) is 14.3. The van der Waals surface area contributed by atoms with E-state index in [0.717, 1.165) is 30.3 Å². The average molecular weight is 415 g/mol. The van der Waals surface area contributed by atoms with Crippen molar-refractivity contribution in [2.45, 2.75) is 18.9 Å². The number of benzene rings is 2. The molecule has 29 heavy (non-hydrogen) atoms. The number of nitrogens with zero attached hydrogens (tertiary/aromatic N) is 2. The highest BCUT2D eigenvalue weighted by Gasteiger charge is 2.31. The van der Waals surface area contributed by atoms with Gasteiger partial charge in [-0.1, -0.05) is 12.1 Å². The minimum Gasteiger partial charge on any atom is -0.476 e. The summed E-state index contributed by atoms with van der Waals surface area (Å²) in [5, 5.41) is 11.9. The van der Waals surface area contributed by atoms with Crippen LogP contribution in [0, 0.1) is 0 Å². The van der Waals surface area contributed by atoms with Gasteiger partial charge in [0, 0.05) is 6.54 Å². The Morgan fingerprint density at radius 1 is 0.862 bits per heavy atom. The Morgan fingerprint density at radius 3 is 2.00 bits per heavy atom. The van der Waals surface area contributed by atoms with Crippen molar-refractivity contribution < 1.29 is 36.2 Å². The zero-order chi connectivity index (χ0) is 21.4. The highest BCUT2D eigenvalue weighted by atomic mass is 19.4. The Bertz CT molecular complexity index is 1060. The monoisotopic (exact) mass is 415 g/mol. The lowest BCUT2D eigenvalue weighted by Crippen LogP contribution is -2.12. The highest BCUT2D eigenvalue weighted by molar-refractivity contribution is 5.94. The normalized spacial score (nSPS) is 12.2. The molecule has 0 aliphatic carbocycles. The van der Waals surface area contributed by atoms with Crippen LogP contribution in [-0.2, 0) is 18.9 Å². The highest BCUT2D eigenvalue weighted by Crippen LogP contribution is 2.31. The van der Waals surface area contributed by atoms with Gasteiger partial charge in [-0.25, -0.2) is 14.8 Å². The minimum atomic E-state index is -4.62. The number of carboxylic acids is 1. The van der Waals surface area contributed by atoms with Crippen LogP contribution in [0.15, 0.2) is 42.5 Å². The fourth-order valence-corrected chi connectivity index (χ4v) is 2.50. The van der Waals surface area contributed by atoms with E-state index in [4.69, 9.17) is 0 Å². The molecule has 152 valence electrons. The lowest BCUT2D eigenvalue weighted by molar-refractivity contribution is -0.138. The van der Waals surface area contributed by atoms with Crippen LogP contribution in [0.25, 0.3) is 11.0 Å². The van der Waals surface area contributed by atoms with Crippen LogP contribution in [-0.4, -0.2) is 21.0 Å². The second-order valence-corrected chi connectivity index (χ2v) is 5.98. The first-order valence-corrected chi connectivity index (χ1v) is 7.97. The molecule has 0 amide bonds. The van der Waals surface area contributed by atoms with Crippen LogP contribution in [0.3, 0.4) is 0 Å². The first-order chi connectivity index (χ1) is 13.4. The molecule has 0 fully saturated rings. The van der Waals surface area contributed by atoms with Gasteiger partial charge >= 0.3 is 18.3 Å². The molecule has 0 unspecified atom stereocenters. The topological polar surface area (TPSA) is 75.1 Å². The Kier molecular flexibility index (Phi) is 5.07. The summed E-state index contributed by atoms with van der Waals surface area (Å²) < 4.78 is 76.4. The number of anilines is 1. The van der Waals surface area contributed by atoms with Gasteiger partial charge in [0.05, 0.1) is 22.2 Å². The van der Waals surface area contributed by atoms with E-state index in [9.17, 15) is 36.2 Å². The van der Waals surface area contributed by atoms with Gasteiger partial charge in [0.15, 0.2) is 11.5 Å². The number of carboxylic acid groups (broad SMARTS) is 1. The van der Waals surface area contributed by atoms with E-state index in [1.54, 1.807) is 0 Å². The summed E-state index contributed by atoms with van der Waals surface area (Å²) in [5.74, 6) is -1.77. The van der Waals surface area contributed by atoms with E-state index >= 15 is 0 Å². The number of halogens is 6. The summed E-state index contributed by atoms with van der Waals surface area (Å²) in [7, 11) is 0. The molecule has 1 aromatic heterocycles. The maximum atomic E-state index is 12.9. The summed E-state index contributed by atoms with van der Waals surface area (Å²) in [6.07, 6.45) is -9.11. The number of hydrogen-bond acceptors (Lipinski definition) is 4. The first kappa shape index (κ1) is 20.4. The van der Waals surface area contributed by atoms with Crippen LogP contribution in [0.4, 0.5) is 32.2 Å². The zero-order valence-electron chi connectivity index (χ0n) is 14.3. The maximum Gasteiger partial charge on any atom is 0.416 e. The molecule has 11 heteroatoms. The van der Waals surface area contributed by atoms with Crippen molar-refractivity contribution in [1.82, 2.24) is 9.97 Å². The van der Waals surface area contributed by atoms with E-state index in [1.807, 2.05) is 0 Å².